The zero-order valence-corrected chi connectivity index (χ0v) is 9.25. The maximum Gasteiger partial charge on any atom is 0.451 e. The first-order valence-electron chi connectivity index (χ1n) is 4.72. The van der Waals surface area contributed by atoms with E-state index in [0.29, 0.717) is 0 Å². The van der Waals surface area contributed by atoms with Gasteiger partial charge in [0.15, 0.2) is 0 Å². The van der Waals surface area contributed by atoms with E-state index >= 15 is 0 Å². The maximum absolute atomic E-state index is 12.5. The molecule has 0 saturated heterocycles. The lowest BCUT2D eigenvalue weighted by molar-refractivity contribution is -0.144. The van der Waals surface area contributed by atoms with Crippen molar-refractivity contribution in [1.82, 2.24) is 9.97 Å². The van der Waals surface area contributed by atoms with Gasteiger partial charge < -0.3 is 16.5 Å². The number of nitrogens with zero attached hydrogens (tertiary/aromatic N) is 2. The molecule has 0 fully saturated rings. The van der Waals surface area contributed by atoms with Gasteiger partial charge in [0.1, 0.15) is 17.7 Å². The third kappa shape index (κ3) is 3.45. The van der Waals surface area contributed by atoms with Crippen molar-refractivity contribution in [2.75, 3.05) is 10.7 Å². The highest BCUT2D eigenvalue weighted by molar-refractivity contribution is 5.82. The molecule has 18 heavy (non-hydrogen) atoms. The van der Waals surface area contributed by atoms with Crippen molar-refractivity contribution in [3.63, 3.8) is 0 Å². The highest BCUT2D eigenvalue weighted by Gasteiger charge is 2.35. The van der Waals surface area contributed by atoms with Gasteiger partial charge in [-0.05, 0) is 6.92 Å². The second kappa shape index (κ2) is 5.04. The van der Waals surface area contributed by atoms with Crippen molar-refractivity contribution in [3.05, 3.63) is 11.9 Å². The average molecular weight is 264 g/mol. The second-order valence-electron chi connectivity index (χ2n) is 3.37. The third-order valence-electron chi connectivity index (χ3n) is 1.92. The molecule has 1 amide bonds. The summed E-state index contributed by atoms with van der Waals surface area (Å²) in [7, 11) is 0. The van der Waals surface area contributed by atoms with Gasteiger partial charge in [0.05, 0.1) is 0 Å². The highest BCUT2D eigenvalue weighted by atomic mass is 19.4. The summed E-state index contributed by atoms with van der Waals surface area (Å²) in [5, 5.41) is 2.41. The number of rotatable bonds is 4. The average Bonchev–Trinajstić information content (AvgIpc) is 2.27. The van der Waals surface area contributed by atoms with Gasteiger partial charge in [-0.25, -0.2) is 15.8 Å². The summed E-state index contributed by atoms with van der Waals surface area (Å²) in [6.07, 6.45) is -4.72. The number of alkyl halides is 3. The number of carbonyl (C=O) groups is 1. The van der Waals surface area contributed by atoms with Gasteiger partial charge in [-0.15, -0.1) is 0 Å². The Balaban J connectivity index is 3.09. The zero-order chi connectivity index (χ0) is 13.9. The Kier molecular flexibility index (Phi) is 3.91. The van der Waals surface area contributed by atoms with Crippen molar-refractivity contribution in [2.24, 2.45) is 11.6 Å². The van der Waals surface area contributed by atoms with E-state index in [1.807, 2.05) is 5.43 Å². The number of primary amides is 1. The molecule has 0 aliphatic carbocycles. The van der Waals surface area contributed by atoms with Gasteiger partial charge in [0, 0.05) is 6.07 Å². The van der Waals surface area contributed by atoms with Crippen molar-refractivity contribution in [1.29, 1.82) is 0 Å². The normalized spacial score (nSPS) is 12.9. The number of hydrogen-bond acceptors (Lipinski definition) is 6. The minimum atomic E-state index is -4.72. The Morgan fingerprint density at radius 1 is 1.39 bits per heavy atom. The van der Waals surface area contributed by atoms with Crippen LogP contribution in [0.25, 0.3) is 0 Å². The Bertz CT molecular complexity index is 449. The molecule has 6 N–H and O–H groups in total. The van der Waals surface area contributed by atoms with Crippen LogP contribution in [0.2, 0.25) is 0 Å². The van der Waals surface area contributed by atoms with Crippen LogP contribution >= 0.6 is 0 Å². The molecule has 0 aromatic carbocycles. The minimum Gasteiger partial charge on any atom is -0.368 e. The Morgan fingerprint density at radius 3 is 2.39 bits per heavy atom. The van der Waals surface area contributed by atoms with Gasteiger partial charge >= 0.3 is 6.18 Å². The van der Waals surface area contributed by atoms with E-state index in [0.717, 1.165) is 6.07 Å². The van der Waals surface area contributed by atoms with Crippen LogP contribution in [-0.2, 0) is 11.0 Å². The first kappa shape index (κ1) is 14.0. The molecule has 1 aromatic rings. The number of hydrogen-bond donors (Lipinski definition) is 4. The summed E-state index contributed by atoms with van der Waals surface area (Å²) in [4.78, 5) is 17.2. The number of amides is 1. The topological polar surface area (TPSA) is 119 Å². The molecule has 0 aliphatic heterocycles. The van der Waals surface area contributed by atoms with E-state index in [4.69, 9.17) is 11.6 Å². The van der Waals surface area contributed by atoms with Gasteiger partial charge in [-0.1, -0.05) is 0 Å². The molecule has 1 unspecified atom stereocenters. The molecule has 0 aliphatic rings. The van der Waals surface area contributed by atoms with Crippen LogP contribution in [0.1, 0.15) is 12.7 Å². The van der Waals surface area contributed by atoms with Gasteiger partial charge in [0.25, 0.3) is 0 Å². The predicted octanol–water partition coefficient (Wildman–Crippen LogP) is 0.0667. The standard InChI is InChI=1S/C8H11F3N6O/c1-3(6(12)18)14-4-2-5(17-13)16-7(15-4)8(9,10)11/h2-3H,13H2,1H3,(H2,12,18)(H2,14,15,16,17). The number of carbonyl (C=O) groups excluding carboxylic acids is 1. The number of nitrogens with two attached hydrogens (primary N) is 2. The summed E-state index contributed by atoms with van der Waals surface area (Å²) in [5.41, 5.74) is 6.95. The van der Waals surface area contributed by atoms with Crippen LogP contribution in [0.5, 0.6) is 0 Å². The van der Waals surface area contributed by atoms with Crippen molar-refractivity contribution in [3.8, 4) is 0 Å². The van der Waals surface area contributed by atoms with E-state index in [-0.39, 0.29) is 11.6 Å². The fourth-order valence-corrected chi connectivity index (χ4v) is 1.01. The van der Waals surface area contributed by atoms with Crippen LogP contribution in [0, 0.1) is 0 Å². The van der Waals surface area contributed by atoms with Crippen molar-refractivity contribution in [2.45, 2.75) is 19.1 Å². The van der Waals surface area contributed by atoms with Crippen LogP contribution in [0.3, 0.4) is 0 Å². The molecular formula is C8H11F3N6O. The number of anilines is 2. The van der Waals surface area contributed by atoms with E-state index in [1.54, 1.807) is 0 Å². The molecule has 10 heteroatoms. The SMILES string of the molecule is CC(Nc1cc(NN)nc(C(F)(F)F)n1)C(N)=O. The fraction of sp³-hybridized carbons (Fsp3) is 0.375. The van der Waals surface area contributed by atoms with Gasteiger partial charge in [-0.3, -0.25) is 4.79 Å². The summed E-state index contributed by atoms with van der Waals surface area (Å²) in [5.74, 6) is 2.43. The first-order chi connectivity index (χ1) is 8.24. The molecule has 1 rings (SSSR count). The summed E-state index contributed by atoms with van der Waals surface area (Å²) in [6, 6.07) is 0.237. The van der Waals surface area contributed by atoms with Crippen LogP contribution in [0.4, 0.5) is 24.8 Å². The van der Waals surface area contributed by atoms with E-state index in [9.17, 15) is 18.0 Å². The molecule has 0 saturated carbocycles. The van der Waals surface area contributed by atoms with Crippen LogP contribution in [-0.4, -0.2) is 21.9 Å². The number of nitrogen functional groups attached to an aromatic ring is 1. The predicted molar refractivity (Wildman–Crippen MR) is 57.1 cm³/mol. The van der Waals surface area contributed by atoms with Crippen molar-refractivity contribution < 1.29 is 18.0 Å². The molecule has 1 heterocycles. The maximum atomic E-state index is 12.5. The van der Waals surface area contributed by atoms with Gasteiger partial charge in [0.2, 0.25) is 11.7 Å². The molecule has 0 spiro atoms. The molecular weight excluding hydrogens is 253 g/mol. The van der Waals surface area contributed by atoms with E-state index < -0.39 is 23.9 Å². The molecule has 0 bridgehead atoms. The van der Waals surface area contributed by atoms with E-state index in [2.05, 4.69) is 15.3 Å². The van der Waals surface area contributed by atoms with Crippen LogP contribution in [0.15, 0.2) is 6.07 Å². The number of nitrogens with one attached hydrogen (secondary N) is 2. The summed E-state index contributed by atoms with van der Waals surface area (Å²) in [6.45, 7) is 1.38. The third-order valence-corrected chi connectivity index (χ3v) is 1.92. The smallest absolute Gasteiger partial charge is 0.368 e. The number of halogens is 3. The quantitative estimate of drug-likeness (QED) is 0.451. The summed E-state index contributed by atoms with van der Waals surface area (Å²) >= 11 is 0. The highest BCUT2D eigenvalue weighted by Crippen LogP contribution is 2.28. The Morgan fingerprint density at radius 2 is 1.94 bits per heavy atom. The van der Waals surface area contributed by atoms with Crippen LogP contribution < -0.4 is 22.3 Å². The Labute approximate surface area is 99.7 Å². The summed E-state index contributed by atoms with van der Waals surface area (Å²) < 4.78 is 37.4. The largest absolute Gasteiger partial charge is 0.451 e. The number of aromatic nitrogens is 2. The van der Waals surface area contributed by atoms with Gasteiger partial charge in [-0.2, -0.15) is 13.2 Å². The fourth-order valence-electron chi connectivity index (χ4n) is 1.01. The monoisotopic (exact) mass is 264 g/mol. The second-order valence-corrected chi connectivity index (χ2v) is 3.37. The number of hydrazine groups is 1. The molecule has 1 aromatic heterocycles. The van der Waals surface area contributed by atoms with Crippen molar-refractivity contribution >= 4 is 17.5 Å². The zero-order valence-electron chi connectivity index (χ0n) is 9.25. The minimum absolute atomic E-state index is 0.212. The Hall–Kier alpha value is -2.10. The molecule has 1 atom stereocenters. The lowest BCUT2D eigenvalue weighted by Gasteiger charge is -2.13. The lowest BCUT2D eigenvalue weighted by Crippen LogP contribution is -2.33. The lowest BCUT2D eigenvalue weighted by atomic mass is 10.3. The molecule has 100 valence electrons. The molecule has 0 radical (unpaired) electrons. The first-order valence-corrected chi connectivity index (χ1v) is 4.72. The van der Waals surface area contributed by atoms with E-state index in [1.165, 1.54) is 6.92 Å². The molecule has 7 nitrogen and oxygen atoms in total.